The number of alkyl halides is 3. The minimum atomic E-state index is -4.46. The third kappa shape index (κ3) is 4.01. The smallest absolute Gasteiger partial charge is 0.352 e. The van der Waals surface area contributed by atoms with E-state index in [-0.39, 0.29) is 12.5 Å². The summed E-state index contributed by atoms with van der Waals surface area (Å²) in [5, 5.41) is 2.65. The van der Waals surface area contributed by atoms with Crippen LogP contribution in [0.1, 0.15) is 19.5 Å². The standard InChI is InChI=1S/C9H13F3N4/c1-8(2,13)5-15-7-14-4-3-6(16-7)9(10,11)12/h3-4H,5,13H2,1-2H3,(H,14,15,16). The van der Waals surface area contributed by atoms with Crippen LogP contribution in [0.15, 0.2) is 12.3 Å². The largest absolute Gasteiger partial charge is 0.433 e. The number of hydrogen-bond acceptors (Lipinski definition) is 4. The molecule has 0 spiro atoms. The molecule has 4 nitrogen and oxygen atoms in total. The van der Waals surface area contributed by atoms with Gasteiger partial charge in [-0.15, -0.1) is 0 Å². The molecule has 90 valence electrons. The average Bonchev–Trinajstić information content (AvgIpc) is 2.13. The van der Waals surface area contributed by atoms with E-state index in [2.05, 4.69) is 15.3 Å². The van der Waals surface area contributed by atoms with E-state index in [1.165, 1.54) is 0 Å². The highest BCUT2D eigenvalue weighted by molar-refractivity contribution is 5.26. The molecule has 1 aromatic rings. The number of hydrogen-bond donors (Lipinski definition) is 2. The molecule has 3 N–H and O–H groups in total. The molecule has 0 amide bonds. The number of nitrogens with one attached hydrogen (secondary N) is 1. The number of nitrogens with zero attached hydrogens (tertiary/aromatic N) is 2. The van der Waals surface area contributed by atoms with Gasteiger partial charge in [0.1, 0.15) is 5.69 Å². The SMILES string of the molecule is CC(C)(N)CNc1nccc(C(F)(F)F)n1. The van der Waals surface area contributed by atoms with Crippen LogP contribution in [-0.4, -0.2) is 22.1 Å². The first-order valence-electron chi connectivity index (χ1n) is 4.61. The van der Waals surface area contributed by atoms with Crippen molar-refractivity contribution in [2.45, 2.75) is 25.6 Å². The van der Waals surface area contributed by atoms with Crippen molar-refractivity contribution in [1.29, 1.82) is 0 Å². The first kappa shape index (κ1) is 12.7. The van der Waals surface area contributed by atoms with Gasteiger partial charge in [0, 0.05) is 18.3 Å². The van der Waals surface area contributed by atoms with E-state index in [0.29, 0.717) is 0 Å². The van der Waals surface area contributed by atoms with Crippen molar-refractivity contribution in [2.75, 3.05) is 11.9 Å². The number of nitrogens with two attached hydrogens (primary N) is 1. The summed E-state index contributed by atoms with van der Waals surface area (Å²) in [6.45, 7) is 3.77. The van der Waals surface area contributed by atoms with E-state index in [1.807, 2.05) is 0 Å². The second-order valence-electron chi connectivity index (χ2n) is 4.11. The topological polar surface area (TPSA) is 63.8 Å². The quantitative estimate of drug-likeness (QED) is 0.834. The number of rotatable bonds is 3. The van der Waals surface area contributed by atoms with Crippen molar-refractivity contribution >= 4 is 5.95 Å². The predicted molar refractivity (Wildman–Crippen MR) is 53.8 cm³/mol. The fourth-order valence-electron chi connectivity index (χ4n) is 0.909. The molecule has 16 heavy (non-hydrogen) atoms. The summed E-state index contributed by atoms with van der Waals surface area (Å²) >= 11 is 0. The van der Waals surface area contributed by atoms with Crippen LogP contribution in [0.5, 0.6) is 0 Å². The molecule has 0 fully saturated rings. The van der Waals surface area contributed by atoms with Crippen molar-refractivity contribution in [3.8, 4) is 0 Å². The maximum Gasteiger partial charge on any atom is 0.433 e. The van der Waals surface area contributed by atoms with Crippen molar-refractivity contribution in [3.05, 3.63) is 18.0 Å². The molecule has 1 heterocycles. The highest BCUT2D eigenvalue weighted by Gasteiger charge is 2.32. The molecule has 7 heteroatoms. The fourth-order valence-corrected chi connectivity index (χ4v) is 0.909. The van der Waals surface area contributed by atoms with Crippen molar-refractivity contribution in [1.82, 2.24) is 9.97 Å². The van der Waals surface area contributed by atoms with Gasteiger partial charge in [0.25, 0.3) is 0 Å². The number of aromatic nitrogens is 2. The summed E-state index contributed by atoms with van der Waals surface area (Å²) in [4.78, 5) is 7.02. The molecule has 0 aliphatic carbocycles. The Bertz CT molecular complexity index is 357. The molecule has 0 saturated heterocycles. The van der Waals surface area contributed by atoms with Gasteiger partial charge in [0.05, 0.1) is 0 Å². The Hall–Kier alpha value is -1.37. The number of halogens is 3. The predicted octanol–water partition coefficient (Wildman–Crippen LogP) is 1.64. The van der Waals surface area contributed by atoms with Crippen LogP contribution in [0.4, 0.5) is 19.1 Å². The Kier molecular flexibility index (Phi) is 3.37. The molecule has 1 rings (SSSR count). The van der Waals surface area contributed by atoms with Crippen molar-refractivity contribution in [3.63, 3.8) is 0 Å². The van der Waals surface area contributed by atoms with Gasteiger partial charge >= 0.3 is 6.18 Å². The van der Waals surface area contributed by atoms with E-state index in [4.69, 9.17) is 5.73 Å². The first-order chi connectivity index (χ1) is 7.18. The number of anilines is 1. The van der Waals surface area contributed by atoms with Crippen molar-refractivity contribution < 1.29 is 13.2 Å². The van der Waals surface area contributed by atoms with Crippen LogP contribution in [0, 0.1) is 0 Å². The fraction of sp³-hybridized carbons (Fsp3) is 0.556. The van der Waals surface area contributed by atoms with Gasteiger partial charge in [-0.1, -0.05) is 0 Å². The lowest BCUT2D eigenvalue weighted by Gasteiger charge is -2.19. The third-order valence-electron chi connectivity index (χ3n) is 1.65. The monoisotopic (exact) mass is 234 g/mol. The zero-order chi connectivity index (χ0) is 12.4. The van der Waals surface area contributed by atoms with Gasteiger partial charge in [-0.2, -0.15) is 13.2 Å². The molecular weight excluding hydrogens is 221 g/mol. The van der Waals surface area contributed by atoms with E-state index < -0.39 is 17.4 Å². The van der Waals surface area contributed by atoms with Crippen LogP contribution >= 0.6 is 0 Å². The summed E-state index contributed by atoms with van der Waals surface area (Å²) in [6, 6.07) is 0.818. The van der Waals surface area contributed by atoms with Gasteiger partial charge in [-0.25, -0.2) is 9.97 Å². The summed E-state index contributed by atoms with van der Waals surface area (Å²) in [7, 11) is 0. The first-order valence-corrected chi connectivity index (χ1v) is 4.61. The Balaban J connectivity index is 2.76. The van der Waals surface area contributed by atoms with Crippen molar-refractivity contribution in [2.24, 2.45) is 5.73 Å². The van der Waals surface area contributed by atoms with Crippen LogP contribution in [0.25, 0.3) is 0 Å². The Labute approximate surface area is 91.1 Å². The van der Waals surface area contributed by atoms with Crippen LogP contribution < -0.4 is 11.1 Å². The van der Waals surface area contributed by atoms with Crippen LogP contribution in [-0.2, 0) is 6.18 Å². The minimum Gasteiger partial charge on any atom is -0.352 e. The Morgan fingerprint density at radius 1 is 1.38 bits per heavy atom. The van der Waals surface area contributed by atoms with E-state index in [9.17, 15) is 13.2 Å². The molecule has 0 bridgehead atoms. The second-order valence-corrected chi connectivity index (χ2v) is 4.11. The highest BCUT2D eigenvalue weighted by atomic mass is 19.4. The highest BCUT2D eigenvalue weighted by Crippen LogP contribution is 2.27. The molecule has 1 aromatic heterocycles. The zero-order valence-corrected chi connectivity index (χ0v) is 8.97. The van der Waals surface area contributed by atoms with E-state index in [1.54, 1.807) is 13.8 Å². The van der Waals surface area contributed by atoms with Gasteiger partial charge < -0.3 is 11.1 Å². The van der Waals surface area contributed by atoms with Gasteiger partial charge in [-0.3, -0.25) is 0 Å². The molecule has 0 aliphatic heterocycles. The van der Waals surface area contributed by atoms with Gasteiger partial charge in [0.2, 0.25) is 5.95 Å². The Morgan fingerprint density at radius 2 is 2.00 bits per heavy atom. The molecule has 0 aromatic carbocycles. The zero-order valence-electron chi connectivity index (χ0n) is 8.97. The summed E-state index contributed by atoms with van der Waals surface area (Å²) in [6.07, 6.45) is -3.40. The van der Waals surface area contributed by atoms with E-state index in [0.717, 1.165) is 12.3 Å². The molecule has 0 aliphatic rings. The second kappa shape index (κ2) is 4.25. The van der Waals surface area contributed by atoms with Gasteiger partial charge in [0.15, 0.2) is 0 Å². The molecular formula is C9H13F3N4. The average molecular weight is 234 g/mol. The summed E-state index contributed by atoms with van der Waals surface area (Å²) < 4.78 is 36.9. The lowest BCUT2D eigenvalue weighted by molar-refractivity contribution is -0.141. The molecule has 0 radical (unpaired) electrons. The molecule has 0 saturated carbocycles. The third-order valence-corrected chi connectivity index (χ3v) is 1.65. The molecule has 0 unspecified atom stereocenters. The van der Waals surface area contributed by atoms with Crippen LogP contribution in [0.3, 0.4) is 0 Å². The Morgan fingerprint density at radius 3 is 2.50 bits per heavy atom. The van der Waals surface area contributed by atoms with Gasteiger partial charge in [-0.05, 0) is 19.9 Å². The maximum atomic E-state index is 12.3. The minimum absolute atomic E-state index is 0.0756. The van der Waals surface area contributed by atoms with E-state index >= 15 is 0 Å². The summed E-state index contributed by atoms with van der Waals surface area (Å²) in [5.41, 5.74) is 4.15. The summed E-state index contributed by atoms with van der Waals surface area (Å²) in [5.74, 6) is -0.0756. The lowest BCUT2D eigenvalue weighted by atomic mass is 10.1. The lowest BCUT2D eigenvalue weighted by Crippen LogP contribution is -2.40. The molecule has 0 atom stereocenters. The van der Waals surface area contributed by atoms with Crippen LogP contribution in [0.2, 0.25) is 0 Å². The maximum absolute atomic E-state index is 12.3. The normalized spacial score (nSPS) is 12.6.